The lowest BCUT2D eigenvalue weighted by molar-refractivity contribution is -0.126. The van der Waals surface area contributed by atoms with Crippen molar-refractivity contribution in [2.45, 2.75) is 70.8 Å². The van der Waals surface area contributed by atoms with Crippen LogP contribution in [0.1, 0.15) is 64.7 Å². The van der Waals surface area contributed by atoms with E-state index < -0.39 is 0 Å². The molecule has 1 amide bonds. The molecule has 18 heavy (non-hydrogen) atoms. The summed E-state index contributed by atoms with van der Waals surface area (Å²) in [6.07, 6.45) is 10.4. The van der Waals surface area contributed by atoms with E-state index in [1.807, 2.05) is 0 Å². The highest BCUT2D eigenvalue weighted by Crippen LogP contribution is 2.40. The van der Waals surface area contributed by atoms with Crippen molar-refractivity contribution in [1.29, 1.82) is 0 Å². The van der Waals surface area contributed by atoms with Crippen LogP contribution in [0.25, 0.3) is 0 Å². The van der Waals surface area contributed by atoms with E-state index in [0.717, 1.165) is 32.2 Å². The molecular formula is C15H28N2O. The van der Waals surface area contributed by atoms with Gasteiger partial charge >= 0.3 is 0 Å². The Morgan fingerprint density at radius 2 is 1.83 bits per heavy atom. The normalized spacial score (nSPS) is 31.2. The third kappa shape index (κ3) is 3.25. The highest BCUT2D eigenvalue weighted by Gasteiger charge is 2.33. The Bertz CT molecular complexity index is 276. The first-order valence-electron chi connectivity index (χ1n) is 7.68. The largest absolute Gasteiger partial charge is 0.355 e. The van der Waals surface area contributed by atoms with Crippen molar-refractivity contribution >= 4 is 5.91 Å². The molecule has 3 N–H and O–H groups in total. The van der Waals surface area contributed by atoms with Gasteiger partial charge in [-0.1, -0.05) is 19.8 Å². The highest BCUT2D eigenvalue weighted by molar-refractivity contribution is 5.78. The van der Waals surface area contributed by atoms with Crippen molar-refractivity contribution in [3.8, 4) is 0 Å². The summed E-state index contributed by atoms with van der Waals surface area (Å²) in [4.78, 5) is 12.2. The van der Waals surface area contributed by atoms with Gasteiger partial charge in [-0.2, -0.15) is 0 Å². The second kappa shape index (κ2) is 6.05. The minimum absolute atomic E-state index is 0.222. The number of rotatable bonds is 4. The van der Waals surface area contributed by atoms with Gasteiger partial charge in [0.25, 0.3) is 0 Å². The predicted octanol–water partition coefficient (Wildman–Crippen LogP) is 2.59. The Kier molecular flexibility index (Phi) is 4.66. The van der Waals surface area contributed by atoms with Gasteiger partial charge < -0.3 is 11.1 Å². The van der Waals surface area contributed by atoms with Gasteiger partial charge in [0.05, 0.1) is 0 Å². The van der Waals surface area contributed by atoms with E-state index in [-0.39, 0.29) is 11.8 Å². The number of hydrogen-bond donors (Lipinski definition) is 2. The van der Waals surface area contributed by atoms with E-state index in [4.69, 9.17) is 5.73 Å². The Morgan fingerprint density at radius 1 is 1.22 bits per heavy atom. The van der Waals surface area contributed by atoms with E-state index in [9.17, 15) is 4.79 Å². The van der Waals surface area contributed by atoms with E-state index in [2.05, 4.69) is 12.2 Å². The summed E-state index contributed by atoms with van der Waals surface area (Å²) < 4.78 is 0. The molecule has 104 valence electrons. The van der Waals surface area contributed by atoms with Crippen LogP contribution < -0.4 is 11.1 Å². The molecule has 0 bridgehead atoms. The second-order valence-corrected chi connectivity index (χ2v) is 6.39. The molecule has 0 unspecified atom stereocenters. The van der Waals surface area contributed by atoms with Crippen molar-refractivity contribution in [3.05, 3.63) is 0 Å². The van der Waals surface area contributed by atoms with E-state index in [1.165, 1.54) is 32.1 Å². The maximum Gasteiger partial charge on any atom is 0.223 e. The molecule has 2 aliphatic carbocycles. The molecule has 0 aromatic carbocycles. The van der Waals surface area contributed by atoms with Gasteiger partial charge in [-0.25, -0.2) is 0 Å². The minimum Gasteiger partial charge on any atom is -0.355 e. The average molecular weight is 252 g/mol. The van der Waals surface area contributed by atoms with Crippen molar-refractivity contribution < 1.29 is 4.79 Å². The first-order valence-corrected chi connectivity index (χ1v) is 7.68. The molecule has 2 saturated carbocycles. The molecule has 3 heteroatoms. The van der Waals surface area contributed by atoms with Gasteiger partial charge in [0, 0.05) is 18.5 Å². The SMILES string of the molecule is CCC1(CNC(=O)C2CCC(N)CC2)CCCC1. The van der Waals surface area contributed by atoms with Crippen LogP contribution in [0.3, 0.4) is 0 Å². The summed E-state index contributed by atoms with van der Waals surface area (Å²) in [5.41, 5.74) is 6.28. The molecule has 0 aromatic heterocycles. The van der Waals surface area contributed by atoms with Gasteiger partial charge in [0.15, 0.2) is 0 Å². The van der Waals surface area contributed by atoms with Crippen molar-refractivity contribution in [3.63, 3.8) is 0 Å². The Labute approximate surface area is 111 Å². The summed E-state index contributed by atoms with van der Waals surface area (Å²) in [5.74, 6) is 0.502. The van der Waals surface area contributed by atoms with Crippen LogP contribution in [0.15, 0.2) is 0 Å². The number of nitrogens with one attached hydrogen (secondary N) is 1. The van der Waals surface area contributed by atoms with Crippen molar-refractivity contribution in [2.24, 2.45) is 17.1 Å². The molecule has 2 rings (SSSR count). The third-order valence-electron chi connectivity index (χ3n) is 5.19. The van der Waals surface area contributed by atoms with Gasteiger partial charge in [0.1, 0.15) is 0 Å². The third-order valence-corrected chi connectivity index (χ3v) is 5.19. The molecule has 2 fully saturated rings. The fraction of sp³-hybridized carbons (Fsp3) is 0.933. The Balaban J connectivity index is 1.77. The lowest BCUT2D eigenvalue weighted by atomic mass is 9.82. The minimum atomic E-state index is 0.222. The zero-order valence-corrected chi connectivity index (χ0v) is 11.7. The topological polar surface area (TPSA) is 55.1 Å². The number of carbonyl (C=O) groups excluding carboxylic acids is 1. The van der Waals surface area contributed by atoms with Crippen LogP contribution in [0.4, 0.5) is 0 Å². The molecule has 0 radical (unpaired) electrons. The van der Waals surface area contributed by atoms with E-state index in [0.29, 0.717) is 11.5 Å². The molecule has 2 aliphatic rings. The lowest BCUT2D eigenvalue weighted by Crippen LogP contribution is -2.41. The molecule has 0 aliphatic heterocycles. The molecule has 0 spiro atoms. The van der Waals surface area contributed by atoms with Gasteiger partial charge in [-0.3, -0.25) is 4.79 Å². The fourth-order valence-corrected chi connectivity index (χ4v) is 3.58. The van der Waals surface area contributed by atoms with Crippen LogP contribution in [0.5, 0.6) is 0 Å². The molecule has 0 aromatic rings. The maximum absolute atomic E-state index is 12.2. The first-order chi connectivity index (χ1) is 8.65. The fourth-order valence-electron chi connectivity index (χ4n) is 3.58. The molecule has 0 heterocycles. The molecule has 0 saturated heterocycles. The van der Waals surface area contributed by atoms with E-state index >= 15 is 0 Å². The maximum atomic E-state index is 12.2. The van der Waals surface area contributed by atoms with Crippen molar-refractivity contribution in [2.75, 3.05) is 6.54 Å². The van der Waals surface area contributed by atoms with Crippen LogP contribution >= 0.6 is 0 Å². The average Bonchev–Trinajstić information content (AvgIpc) is 2.86. The molecule has 0 atom stereocenters. The molecule has 3 nitrogen and oxygen atoms in total. The smallest absolute Gasteiger partial charge is 0.223 e. The number of carbonyl (C=O) groups is 1. The first kappa shape index (κ1) is 13.9. The Morgan fingerprint density at radius 3 is 2.39 bits per heavy atom. The van der Waals surface area contributed by atoms with Gasteiger partial charge in [-0.15, -0.1) is 0 Å². The zero-order chi connectivity index (χ0) is 13.0. The summed E-state index contributed by atoms with van der Waals surface area (Å²) >= 11 is 0. The second-order valence-electron chi connectivity index (χ2n) is 6.39. The van der Waals surface area contributed by atoms with Crippen LogP contribution in [-0.2, 0) is 4.79 Å². The van der Waals surface area contributed by atoms with Crippen LogP contribution in [0.2, 0.25) is 0 Å². The zero-order valence-electron chi connectivity index (χ0n) is 11.7. The lowest BCUT2D eigenvalue weighted by Gasteiger charge is -2.30. The van der Waals surface area contributed by atoms with Crippen molar-refractivity contribution in [1.82, 2.24) is 5.32 Å². The predicted molar refractivity (Wildman–Crippen MR) is 74.1 cm³/mol. The summed E-state index contributed by atoms with van der Waals surface area (Å²) in [7, 11) is 0. The van der Waals surface area contributed by atoms with E-state index in [1.54, 1.807) is 0 Å². The quantitative estimate of drug-likeness (QED) is 0.808. The number of hydrogen-bond acceptors (Lipinski definition) is 2. The summed E-state index contributed by atoms with van der Waals surface area (Å²) in [5, 5.41) is 3.22. The summed E-state index contributed by atoms with van der Waals surface area (Å²) in [6.45, 7) is 3.15. The molecular weight excluding hydrogens is 224 g/mol. The van der Waals surface area contributed by atoms with Crippen LogP contribution in [0, 0.1) is 11.3 Å². The number of amides is 1. The monoisotopic (exact) mass is 252 g/mol. The van der Waals surface area contributed by atoms with Gasteiger partial charge in [0.2, 0.25) is 5.91 Å². The van der Waals surface area contributed by atoms with Gasteiger partial charge in [-0.05, 0) is 50.4 Å². The summed E-state index contributed by atoms with van der Waals surface area (Å²) in [6, 6.07) is 0.325. The number of nitrogens with two attached hydrogens (primary N) is 1. The standard InChI is InChI=1S/C15H28N2O/c1-2-15(9-3-4-10-15)11-17-14(18)12-5-7-13(16)8-6-12/h12-13H,2-11,16H2,1H3,(H,17,18). The van der Waals surface area contributed by atoms with Crippen LogP contribution in [-0.4, -0.2) is 18.5 Å². The Hall–Kier alpha value is -0.570. The highest BCUT2D eigenvalue weighted by atomic mass is 16.1.